The number of nitrogens with zero attached hydrogens (tertiary/aromatic N) is 5. The van der Waals surface area contributed by atoms with Crippen LogP contribution in [0.3, 0.4) is 0 Å². The van der Waals surface area contributed by atoms with Crippen LogP contribution in [0.2, 0.25) is 10.0 Å². The van der Waals surface area contributed by atoms with Crippen LogP contribution in [0.25, 0.3) is 11.3 Å². The van der Waals surface area contributed by atoms with Gasteiger partial charge in [0.05, 0.1) is 37.1 Å². The third kappa shape index (κ3) is 4.93. The Balaban J connectivity index is 1.69. The molecule has 2 aliphatic heterocycles. The Bertz CT molecular complexity index is 1530. The Morgan fingerprint density at radius 2 is 1.80 bits per heavy atom. The highest BCUT2D eigenvalue weighted by Crippen LogP contribution is 2.49. The van der Waals surface area contributed by atoms with Crippen molar-refractivity contribution in [2.24, 2.45) is 11.0 Å². The van der Waals surface area contributed by atoms with Crippen LogP contribution in [0.15, 0.2) is 47.8 Å². The lowest BCUT2D eigenvalue weighted by Crippen LogP contribution is -2.48. The molecule has 0 saturated heterocycles. The summed E-state index contributed by atoms with van der Waals surface area (Å²) in [6.45, 7) is 6.05. The number of methoxy groups -OCH3 is 1. The number of carboxylic acid groups (broad SMARTS) is 1. The van der Waals surface area contributed by atoms with E-state index in [0.717, 1.165) is 0 Å². The van der Waals surface area contributed by atoms with Crippen molar-refractivity contribution in [1.29, 1.82) is 0 Å². The standard InChI is InChI=1S/C28H27Cl2N5O5/c1-28(2,3)34(4)26(36)24-19-12-40-23-11-22(39-5)17(20-10-21(27(37)38)32-13-31-20)9-18(23)25(19)35(33-24)16-7-14(29)6-15(30)8-16/h6-11,13,19,25H,12H2,1-5H3,(H,37,38). The van der Waals surface area contributed by atoms with E-state index in [-0.39, 0.29) is 18.2 Å². The van der Waals surface area contributed by atoms with Gasteiger partial charge < -0.3 is 19.5 Å². The Kier molecular flexibility index (Phi) is 7.09. The number of aromatic nitrogens is 2. The van der Waals surface area contributed by atoms with Gasteiger partial charge in [-0.1, -0.05) is 23.2 Å². The molecule has 5 rings (SSSR count). The molecule has 2 atom stereocenters. The first kappa shape index (κ1) is 27.7. The number of carboxylic acids is 1. The largest absolute Gasteiger partial charge is 0.496 e. The first-order valence-electron chi connectivity index (χ1n) is 12.4. The highest BCUT2D eigenvalue weighted by atomic mass is 35.5. The van der Waals surface area contributed by atoms with Gasteiger partial charge >= 0.3 is 5.97 Å². The van der Waals surface area contributed by atoms with Crippen molar-refractivity contribution in [1.82, 2.24) is 14.9 Å². The normalized spacial score (nSPS) is 17.9. The maximum absolute atomic E-state index is 13.7. The summed E-state index contributed by atoms with van der Waals surface area (Å²) < 4.78 is 11.8. The lowest BCUT2D eigenvalue weighted by Gasteiger charge is -2.36. The van der Waals surface area contributed by atoms with E-state index in [2.05, 4.69) is 9.97 Å². The lowest BCUT2D eigenvalue weighted by atomic mass is 9.85. The molecule has 1 aromatic heterocycles. The highest BCUT2D eigenvalue weighted by Gasteiger charge is 2.48. The number of carbonyl (C=O) groups excluding carboxylic acids is 1. The van der Waals surface area contributed by atoms with Crippen molar-refractivity contribution in [2.45, 2.75) is 32.4 Å². The number of rotatable bonds is 5. The van der Waals surface area contributed by atoms with E-state index in [1.54, 1.807) is 41.2 Å². The Hall–Kier alpha value is -3.89. The van der Waals surface area contributed by atoms with E-state index in [1.807, 2.05) is 26.8 Å². The molecule has 0 saturated carbocycles. The molecule has 0 fully saturated rings. The van der Waals surface area contributed by atoms with Crippen LogP contribution in [0, 0.1) is 5.92 Å². The minimum atomic E-state index is -1.18. The fourth-order valence-electron chi connectivity index (χ4n) is 4.76. The summed E-state index contributed by atoms with van der Waals surface area (Å²) in [4.78, 5) is 35.1. The molecule has 3 aromatic rings. The van der Waals surface area contributed by atoms with Gasteiger partial charge in [-0.2, -0.15) is 5.10 Å². The molecule has 2 aliphatic rings. The highest BCUT2D eigenvalue weighted by molar-refractivity contribution is 6.41. The van der Waals surface area contributed by atoms with Crippen LogP contribution < -0.4 is 14.5 Å². The molecule has 1 amide bonds. The zero-order chi connectivity index (χ0) is 28.9. The fourth-order valence-corrected chi connectivity index (χ4v) is 5.28. The van der Waals surface area contributed by atoms with Gasteiger partial charge in [-0.05, 0) is 51.1 Å². The number of ether oxygens (including phenoxy) is 2. The van der Waals surface area contributed by atoms with Crippen molar-refractivity contribution >= 4 is 46.5 Å². The monoisotopic (exact) mass is 583 g/mol. The van der Waals surface area contributed by atoms with Crippen molar-refractivity contribution in [3.63, 3.8) is 0 Å². The van der Waals surface area contributed by atoms with Gasteiger partial charge in [-0.25, -0.2) is 14.8 Å². The number of carbonyl (C=O) groups is 2. The van der Waals surface area contributed by atoms with Gasteiger partial charge in [0.15, 0.2) is 5.69 Å². The van der Waals surface area contributed by atoms with Crippen LogP contribution in [0.5, 0.6) is 11.5 Å². The molecule has 0 bridgehead atoms. The number of amides is 1. The Labute approximate surface area is 241 Å². The van der Waals surface area contributed by atoms with Crippen LogP contribution in [-0.4, -0.2) is 63.9 Å². The zero-order valence-electron chi connectivity index (χ0n) is 22.5. The second-order valence-corrected chi connectivity index (χ2v) is 11.4. The van der Waals surface area contributed by atoms with Gasteiger partial charge in [-0.15, -0.1) is 0 Å². The third-order valence-corrected chi connectivity index (χ3v) is 7.52. The zero-order valence-corrected chi connectivity index (χ0v) is 24.0. The summed E-state index contributed by atoms with van der Waals surface area (Å²) in [5.41, 5.74) is 1.95. The van der Waals surface area contributed by atoms with E-state index < -0.39 is 23.5 Å². The van der Waals surface area contributed by atoms with E-state index in [1.165, 1.54) is 19.5 Å². The second kappa shape index (κ2) is 10.3. The Morgan fingerprint density at radius 3 is 2.42 bits per heavy atom. The fraction of sp³-hybridized carbons (Fsp3) is 0.321. The minimum Gasteiger partial charge on any atom is -0.496 e. The van der Waals surface area contributed by atoms with Crippen LogP contribution in [0.4, 0.5) is 5.69 Å². The van der Waals surface area contributed by atoms with Gasteiger partial charge in [0.2, 0.25) is 0 Å². The Morgan fingerprint density at radius 1 is 1.10 bits per heavy atom. The molecule has 3 heterocycles. The van der Waals surface area contributed by atoms with Crippen LogP contribution >= 0.6 is 23.2 Å². The number of aromatic carboxylic acids is 1. The lowest BCUT2D eigenvalue weighted by molar-refractivity contribution is -0.127. The molecule has 40 heavy (non-hydrogen) atoms. The SMILES string of the molecule is COc1cc2c(cc1-c1cc(C(=O)O)ncn1)C1C(CO2)C(C(=O)N(C)C(C)(C)C)=NN1c1cc(Cl)cc(Cl)c1. The topological polar surface area (TPSA) is 117 Å². The number of benzene rings is 2. The summed E-state index contributed by atoms with van der Waals surface area (Å²) in [5, 5.41) is 16.9. The molecule has 2 unspecified atom stereocenters. The number of halogens is 2. The molecule has 208 valence electrons. The molecule has 0 radical (unpaired) electrons. The maximum Gasteiger partial charge on any atom is 0.354 e. The molecule has 2 aromatic carbocycles. The smallest absolute Gasteiger partial charge is 0.354 e. The van der Waals surface area contributed by atoms with Gasteiger partial charge in [0.1, 0.15) is 23.5 Å². The van der Waals surface area contributed by atoms with E-state index >= 15 is 0 Å². The van der Waals surface area contributed by atoms with Gasteiger partial charge in [0.25, 0.3) is 5.91 Å². The molecule has 1 N–H and O–H groups in total. The molecular weight excluding hydrogens is 557 g/mol. The molecule has 12 heteroatoms. The molecule has 0 aliphatic carbocycles. The molecular formula is C28H27Cl2N5O5. The number of anilines is 1. The number of hydrogen-bond acceptors (Lipinski definition) is 8. The van der Waals surface area contributed by atoms with Crippen molar-refractivity contribution in [3.8, 4) is 22.8 Å². The summed E-state index contributed by atoms with van der Waals surface area (Å²) in [6.07, 6.45) is 1.19. The summed E-state index contributed by atoms with van der Waals surface area (Å²) in [7, 11) is 3.25. The minimum absolute atomic E-state index is 0.156. The number of hydrogen-bond donors (Lipinski definition) is 1. The molecule has 10 nitrogen and oxygen atoms in total. The van der Waals surface area contributed by atoms with E-state index in [4.69, 9.17) is 37.8 Å². The van der Waals surface area contributed by atoms with Crippen molar-refractivity contribution < 1.29 is 24.2 Å². The predicted octanol–water partition coefficient (Wildman–Crippen LogP) is 5.34. The van der Waals surface area contributed by atoms with E-state index in [0.29, 0.717) is 49.8 Å². The van der Waals surface area contributed by atoms with Gasteiger partial charge in [0, 0.05) is 39.8 Å². The first-order valence-corrected chi connectivity index (χ1v) is 13.2. The average molecular weight is 584 g/mol. The van der Waals surface area contributed by atoms with E-state index in [9.17, 15) is 14.7 Å². The maximum atomic E-state index is 13.7. The van der Waals surface area contributed by atoms with Crippen molar-refractivity contribution in [2.75, 3.05) is 25.8 Å². The number of fused-ring (bicyclic) bond motifs is 3. The first-order chi connectivity index (χ1) is 18.9. The van der Waals surface area contributed by atoms with Crippen LogP contribution in [0.1, 0.15) is 42.9 Å². The number of hydrazone groups is 1. The summed E-state index contributed by atoms with van der Waals surface area (Å²) in [5.74, 6) is -0.847. The van der Waals surface area contributed by atoms with Gasteiger partial charge in [-0.3, -0.25) is 9.80 Å². The quantitative estimate of drug-likeness (QED) is 0.427. The third-order valence-electron chi connectivity index (χ3n) is 7.08. The predicted molar refractivity (Wildman–Crippen MR) is 152 cm³/mol. The second-order valence-electron chi connectivity index (χ2n) is 10.5. The summed E-state index contributed by atoms with van der Waals surface area (Å²) >= 11 is 12.7. The van der Waals surface area contributed by atoms with Crippen LogP contribution in [-0.2, 0) is 4.79 Å². The molecule has 0 spiro atoms. The van der Waals surface area contributed by atoms with Crippen molar-refractivity contribution in [3.05, 3.63) is 64.0 Å². The average Bonchev–Trinajstić information content (AvgIpc) is 3.30. The summed E-state index contributed by atoms with van der Waals surface area (Å²) in [6, 6.07) is 9.56.